The molecule has 0 aromatic heterocycles. The average molecular weight is 485 g/mol. The van der Waals surface area contributed by atoms with Crippen molar-refractivity contribution >= 4 is 46.8 Å². The maximum Gasteiger partial charge on any atom is 0.242 e. The van der Waals surface area contributed by atoms with Crippen molar-refractivity contribution in [3.05, 3.63) is 69.5 Å². The third-order valence-electron chi connectivity index (χ3n) is 4.93. The molecular formula is C23H27Cl2FN2O2S. The summed E-state index contributed by atoms with van der Waals surface area (Å²) in [4.78, 5) is 27.2. The van der Waals surface area contributed by atoms with E-state index in [1.165, 1.54) is 28.8 Å². The molecule has 0 bridgehead atoms. The van der Waals surface area contributed by atoms with Gasteiger partial charge in [0.1, 0.15) is 11.9 Å². The summed E-state index contributed by atoms with van der Waals surface area (Å²) in [5, 5.41) is 4.03. The van der Waals surface area contributed by atoms with Crippen LogP contribution in [0.3, 0.4) is 0 Å². The summed E-state index contributed by atoms with van der Waals surface area (Å²) in [7, 11) is 0. The third kappa shape index (κ3) is 8.02. The van der Waals surface area contributed by atoms with Gasteiger partial charge in [0.25, 0.3) is 0 Å². The van der Waals surface area contributed by atoms with Gasteiger partial charge in [-0.05, 0) is 55.7 Å². The first-order valence-corrected chi connectivity index (χ1v) is 12.0. The minimum Gasteiger partial charge on any atom is -0.352 e. The zero-order valence-electron chi connectivity index (χ0n) is 17.8. The molecule has 0 fully saturated rings. The summed E-state index contributed by atoms with van der Waals surface area (Å²) in [6.07, 6.45) is 0.794. The van der Waals surface area contributed by atoms with Crippen molar-refractivity contribution in [1.29, 1.82) is 0 Å². The van der Waals surface area contributed by atoms with Gasteiger partial charge in [-0.2, -0.15) is 0 Å². The van der Waals surface area contributed by atoms with E-state index in [-0.39, 0.29) is 36.0 Å². The SMILES string of the molecule is CC[C@H](C)NC(=O)[C@@H](C)N(Cc1ccc(F)cc1)C(=O)CSCc1ccc(Cl)cc1Cl. The number of benzene rings is 2. The fourth-order valence-corrected chi connectivity index (χ4v) is 4.27. The molecular weight excluding hydrogens is 458 g/mol. The number of nitrogens with one attached hydrogen (secondary N) is 1. The first kappa shape index (κ1) is 25.5. The Hall–Kier alpha value is -1.76. The summed E-state index contributed by atoms with van der Waals surface area (Å²) < 4.78 is 13.3. The van der Waals surface area contributed by atoms with E-state index in [0.29, 0.717) is 15.8 Å². The Balaban J connectivity index is 2.08. The number of nitrogens with zero attached hydrogens (tertiary/aromatic N) is 1. The summed E-state index contributed by atoms with van der Waals surface area (Å²) in [5.41, 5.74) is 1.64. The second-order valence-corrected chi connectivity index (χ2v) is 9.20. The lowest BCUT2D eigenvalue weighted by atomic mass is 10.1. The van der Waals surface area contributed by atoms with E-state index < -0.39 is 6.04 Å². The molecule has 0 aliphatic rings. The van der Waals surface area contributed by atoms with Gasteiger partial charge in [-0.15, -0.1) is 11.8 Å². The highest BCUT2D eigenvalue weighted by Crippen LogP contribution is 2.25. The fraction of sp³-hybridized carbons (Fsp3) is 0.391. The molecule has 0 saturated heterocycles. The number of halogens is 3. The molecule has 2 amide bonds. The van der Waals surface area contributed by atoms with Crippen molar-refractivity contribution < 1.29 is 14.0 Å². The second kappa shape index (κ2) is 12.3. The quantitative estimate of drug-likeness (QED) is 0.470. The lowest BCUT2D eigenvalue weighted by Gasteiger charge is -2.29. The minimum atomic E-state index is -0.661. The topological polar surface area (TPSA) is 49.4 Å². The standard InChI is InChI=1S/C23H27Cl2FN2O2S/c1-4-15(2)27-23(30)16(3)28(12-17-5-9-20(26)10-6-17)22(29)14-31-13-18-7-8-19(24)11-21(18)25/h5-11,15-16H,4,12-14H2,1-3H3,(H,27,30)/t15-,16+/m0/s1. The molecule has 31 heavy (non-hydrogen) atoms. The lowest BCUT2D eigenvalue weighted by Crippen LogP contribution is -2.50. The van der Waals surface area contributed by atoms with Gasteiger partial charge in [-0.3, -0.25) is 9.59 Å². The molecule has 0 aliphatic carbocycles. The molecule has 2 rings (SSSR count). The molecule has 1 N–H and O–H groups in total. The fourth-order valence-electron chi connectivity index (χ4n) is 2.80. The molecule has 0 heterocycles. The smallest absolute Gasteiger partial charge is 0.242 e. The van der Waals surface area contributed by atoms with E-state index in [1.807, 2.05) is 19.9 Å². The van der Waals surface area contributed by atoms with Crippen molar-refractivity contribution in [3.8, 4) is 0 Å². The monoisotopic (exact) mass is 484 g/mol. The van der Waals surface area contributed by atoms with E-state index in [9.17, 15) is 14.0 Å². The highest BCUT2D eigenvalue weighted by molar-refractivity contribution is 7.99. The largest absolute Gasteiger partial charge is 0.352 e. The molecule has 8 heteroatoms. The highest BCUT2D eigenvalue weighted by atomic mass is 35.5. The Morgan fingerprint density at radius 1 is 1.13 bits per heavy atom. The third-order valence-corrected chi connectivity index (χ3v) is 6.49. The lowest BCUT2D eigenvalue weighted by molar-refractivity contribution is -0.138. The van der Waals surface area contributed by atoms with E-state index in [2.05, 4.69) is 5.32 Å². The molecule has 0 radical (unpaired) electrons. The number of amides is 2. The molecule has 0 spiro atoms. The van der Waals surface area contributed by atoms with Crippen LogP contribution < -0.4 is 5.32 Å². The van der Waals surface area contributed by atoms with Gasteiger partial charge in [0.15, 0.2) is 0 Å². The predicted octanol–water partition coefficient (Wildman–Crippen LogP) is 5.70. The van der Waals surface area contributed by atoms with Crippen LogP contribution in [0.4, 0.5) is 4.39 Å². The van der Waals surface area contributed by atoms with Crippen molar-refractivity contribution in [2.45, 2.75) is 51.6 Å². The molecule has 0 unspecified atom stereocenters. The Kier molecular flexibility index (Phi) is 10.1. The zero-order valence-corrected chi connectivity index (χ0v) is 20.2. The summed E-state index contributed by atoms with van der Waals surface area (Å²) in [6, 6.07) is 10.5. The van der Waals surface area contributed by atoms with Crippen molar-refractivity contribution in [1.82, 2.24) is 10.2 Å². The number of carbonyl (C=O) groups is 2. The predicted molar refractivity (Wildman–Crippen MR) is 127 cm³/mol. The molecule has 2 aromatic rings. The van der Waals surface area contributed by atoms with Gasteiger partial charge in [0.05, 0.1) is 5.75 Å². The van der Waals surface area contributed by atoms with Crippen LogP contribution in [-0.2, 0) is 21.9 Å². The van der Waals surface area contributed by atoms with Crippen LogP contribution in [0.5, 0.6) is 0 Å². The van der Waals surface area contributed by atoms with Gasteiger partial charge in [-0.25, -0.2) is 4.39 Å². The highest BCUT2D eigenvalue weighted by Gasteiger charge is 2.26. The van der Waals surface area contributed by atoms with Gasteiger partial charge in [0, 0.05) is 28.4 Å². The Bertz CT molecular complexity index is 896. The Morgan fingerprint density at radius 2 is 1.81 bits per heavy atom. The molecule has 2 atom stereocenters. The zero-order chi connectivity index (χ0) is 23.0. The van der Waals surface area contributed by atoms with E-state index in [4.69, 9.17) is 23.2 Å². The normalized spacial score (nSPS) is 12.8. The van der Waals surface area contributed by atoms with Gasteiger partial charge < -0.3 is 10.2 Å². The molecule has 0 aliphatic heterocycles. The maximum absolute atomic E-state index is 13.3. The van der Waals surface area contributed by atoms with Gasteiger partial charge in [-0.1, -0.05) is 48.3 Å². The number of hydrogen-bond acceptors (Lipinski definition) is 3. The molecule has 2 aromatic carbocycles. The molecule has 168 valence electrons. The number of rotatable bonds is 10. The van der Waals surface area contributed by atoms with Crippen molar-refractivity contribution in [2.75, 3.05) is 5.75 Å². The van der Waals surface area contributed by atoms with E-state index >= 15 is 0 Å². The van der Waals surface area contributed by atoms with E-state index in [0.717, 1.165) is 17.5 Å². The number of hydrogen-bond donors (Lipinski definition) is 1. The molecule has 0 saturated carbocycles. The van der Waals surface area contributed by atoms with Crippen LogP contribution in [-0.4, -0.2) is 34.6 Å². The second-order valence-electron chi connectivity index (χ2n) is 7.37. The first-order chi connectivity index (χ1) is 14.7. The minimum absolute atomic E-state index is 0.0131. The summed E-state index contributed by atoms with van der Waals surface area (Å²) >= 11 is 13.5. The summed E-state index contributed by atoms with van der Waals surface area (Å²) in [5.74, 6) is -0.0120. The van der Waals surface area contributed by atoms with Crippen molar-refractivity contribution in [2.24, 2.45) is 0 Å². The van der Waals surface area contributed by atoms with Crippen LogP contribution in [0, 0.1) is 5.82 Å². The van der Waals surface area contributed by atoms with Crippen LogP contribution in [0.2, 0.25) is 10.0 Å². The van der Waals surface area contributed by atoms with Gasteiger partial charge >= 0.3 is 0 Å². The first-order valence-electron chi connectivity index (χ1n) is 10.1. The maximum atomic E-state index is 13.3. The van der Waals surface area contributed by atoms with E-state index in [1.54, 1.807) is 31.2 Å². The average Bonchev–Trinajstić information content (AvgIpc) is 2.74. The number of carbonyl (C=O) groups excluding carboxylic acids is 2. The summed E-state index contributed by atoms with van der Waals surface area (Å²) in [6.45, 7) is 5.83. The Morgan fingerprint density at radius 3 is 2.42 bits per heavy atom. The number of thioether (sulfide) groups is 1. The molecule has 4 nitrogen and oxygen atoms in total. The van der Waals surface area contributed by atoms with Crippen LogP contribution in [0.25, 0.3) is 0 Å². The van der Waals surface area contributed by atoms with Crippen LogP contribution in [0.15, 0.2) is 42.5 Å². The van der Waals surface area contributed by atoms with Crippen LogP contribution in [0.1, 0.15) is 38.3 Å². The van der Waals surface area contributed by atoms with Crippen molar-refractivity contribution in [3.63, 3.8) is 0 Å². The Labute approximate surface area is 197 Å². The van der Waals surface area contributed by atoms with Crippen LogP contribution >= 0.6 is 35.0 Å². The van der Waals surface area contributed by atoms with Gasteiger partial charge in [0.2, 0.25) is 11.8 Å².